The fraction of sp³-hybridized carbons (Fsp3) is 0.391. The minimum absolute atomic E-state index is 0.173. The SMILES string of the molecule is CC1CCc2c(sc(NC(=O)CSc3nnc(C4CC4)n3-c3ccccc3)c2C(N)=O)C1. The van der Waals surface area contributed by atoms with Crippen LogP contribution in [0.25, 0.3) is 5.69 Å². The Morgan fingerprint density at radius 3 is 2.72 bits per heavy atom. The van der Waals surface area contributed by atoms with Crippen LogP contribution in [0.5, 0.6) is 0 Å². The number of thioether (sulfide) groups is 1. The molecule has 2 aromatic heterocycles. The number of hydrogen-bond donors (Lipinski definition) is 2. The molecule has 0 radical (unpaired) electrons. The Kier molecular flexibility index (Phi) is 5.77. The third kappa shape index (κ3) is 4.19. The van der Waals surface area contributed by atoms with Gasteiger partial charge in [-0.3, -0.25) is 14.2 Å². The molecule has 2 heterocycles. The molecule has 3 N–H and O–H groups in total. The van der Waals surface area contributed by atoms with Crippen LogP contribution in [0, 0.1) is 5.92 Å². The topological polar surface area (TPSA) is 103 Å². The summed E-state index contributed by atoms with van der Waals surface area (Å²) >= 11 is 2.84. The van der Waals surface area contributed by atoms with Crippen LogP contribution in [0.1, 0.15) is 58.7 Å². The van der Waals surface area contributed by atoms with E-state index in [9.17, 15) is 9.59 Å². The molecule has 2 aliphatic rings. The lowest BCUT2D eigenvalue weighted by atomic mass is 9.88. The van der Waals surface area contributed by atoms with Crippen molar-refractivity contribution < 1.29 is 9.59 Å². The third-order valence-electron chi connectivity index (χ3n) is 5.96. The summed E-state index contributed by atoms with van der Waals surface area (Å²) in [6.07, 6.45) is 5.03. The molecule has 9 heteroatoms. The van der Waals surface area contributed by atoms with Gasteiger partial charge < -0.3 is 11.1 Å². The number of fused-ring (bicyclic) bond motifs is 1. The zero-order chi connectivity index (χ0) is 22.2. The van der Waals surface area contributed by atoms with Crippen molar-refractivity contribution in [2.24, 2.45) is 11.7 Å². The quantitative estimate of drug-likeness (QED) is 0.508. The second-order valence-electron chi connectivity index (χ2n) is 8.54. The van der Waals surface area contributed by atoms with Gasteiger partial charge in [-0.15, -0.1) is 21.5 Å². The van der Waals surface area contributed by atoms with E-state index in [1.54, 1.807) is 0 Å². The van der Waals surface area contributed by atoms with E-state index >= 15 is 0 Å². The van der Waals surface area contributed by atoms with Crippen molar-refractivity contribution in [2.75, 3.05) is 11.1 Å². The Hall–Kier alpha value is -2.65. The Morgan fingerprint density at radius 1 is 1.22 bits per heavy atom. The zero-order valence-corrected chi connectivity index (χ0v) is 19.5. The highest BCUT2D eigenvalue weighted by Crippen LogP contribution is 2.41. The van der Waals surface area contributed by atoms with Gasteiger partial charge in [-0.1, -0.05) is 36.9 Å². The van der Waals surface area contributed by atoms with E-state index in [1.807, 2.05) is 30.3 Å². The molecule has 2 aliphatic carbocycles. The molecule has 1 saturated carbocycles. The second kappa shape index (κ2) is 8.71. The Morgan fingerprint density at radius 2 is 2.00 bits per heavy atom. The van der Waals surface area contributed by atoms with Crippen molar-refractivity contribution >= 4 is 39.9 Å². The first-order valence-corrected chi connectivity index (χ1v) is 12.7. The molecule has 3 aromatic rings. The standard InChI is InChI=1S/C23H25N5O2S2/c1-13-7-10-16-17(11-13)32-22(19(16)20(24)30)25-18(29)12-31-23-27-26-21(14-8-9-14)28(23)15-5-3-2-4-6-15/h2-6,13-14H,7-12H2,1H3,(H2,24,30)(H,25,29). The summed E-state index contributed by atoms with van der Waals surface area (Å²) in [5.74, 6) is 1.48. The third-order valence-corrected chi connectivity index (χ3v) is 8.06. The van der Waals surface area contributed by atoms with Crippen LogP contribution >= 0.6 is 23.1 Å². The molecular weight excluding hydrogens is 442 g/mol. The van der Waals surface area contributed by atoms with E-state index < -0.39 is 5.91 Å². The van der Waals surface area contributed by atoms with E-state index in [4.69, 9.17) is 5.73 Å². The van der Waals surface area contributed by atoms with Crippen LogP contribution in [0.2, 0.25) is 0 Å². The highest BCUT2D eigenvalue weighted by Gasteiger charge is 2.31. The average Bonchev–Trinajstić information content (AvgIpc) is 3.43. The first-order chi connectivity index (χ1) is 15.5. The van der Waals surface area contributed by atoms with Gasteiger partial charge in [0.2, 0.25) is 5.91 Å². The molecule has 0 spiro atoms. The summed E-state index contributed by atoms with van der Waals surface area (Å²) in [7, 11) is 0. The van der Waals surface area contributed by atoms with Crippen LogP contribution in [-0.2, 0) is 17.6 Å². The smallest absolute Gasteiger partial charge is 0.251 e. The summed E-state index contributed by atoms with van der Waals surface area (Å²) in [5, 5.41) is 13.0. The molecule has 5 rings (SSSR count). The second-order valence-corrected chi connectivity index (χ2v) is 10.6. The highest BCUT2D eigenvalue weighted by molar-refractivity contribution is 7.99. The lowest BCUT2D eigenvalue weighted by molar-refractivity contribution is -0.113. The van der Waals surface area contributed by atoms with Crippen LogP contribution in [-0.4, -0.2) is 32.3 Å². The number of carbonyl (C=O) groups is 2. The lowest BCUT2D eigenvalue weighted by Gasteiger charge is -2.18. The molecule has 7 nitrogen and oxygen atoms in total. The summed E-state index contributed by atoms with van der Waals surface area (Å²) in [4.78, 5) is 26.1. The van der Waals surface area contributed by atoms with Crippen molar-refractivity contribution in [1.82, 2.24) is 14.8 Å². The molecule has 166 valence electrons. The first-order valence-electron chi connectivity index (χ1n) is 10.9. The van der Waals surface area contributed by atoms with Crippen LogP contribution in [0.3, 0.4) is 0 Å². The Bertz CT molecular complexity index is 1170. The van der Waals surface area contributed by atoms with Crippen molar-refractivity contribution in [3.05, 3.63) is 52.2 Å². The molecule has 1 fully saturated rings. The minimum Gasteiger partial charge on any atom is -0.365 e. The molecule has 1 aromatic carbocycles. The predicted octanol–water partition coefficient (Wildman–Crippen LogP) is 4.16. The fourth-order valence-electron chi connectivity index (χ4n) is 4.19. The number of hydrogen-bond acceptors (Lipinski definition) is 6. The Labute approximate surface area is 194 Å². The largest absolute Gasteiger partial charge is 0.365 e. The first kappa shape index (κ1) is 21.2. The number of rotatable bonds is 7. The monoisotopic (exact) mass is 467 g/mol. The van der Waals surface area contributed by atoms with Crippen molar-refractivity contribution in [2.45, 2.75) is 50.1 Å². The van der Waals surface area contributed by atoms with E-state index in [0.29, 0.717) is 27.6 Å². The molecule has 2 amide bonds. The maximum Gasteiger partial charge on any atom is 0.251 e. The van der Waals surface area contributed by atoms with Gasteiger partial charge in [0.05, 0.1) is 11.3 Å². The van der Waals surface area contributed by atoms with Crippen LogP contribution in [0.15, 0.2) is 35.5 Å². The summed E-state index contributed by atoms with van der Waals surface area (Å²) in [6.45, 7) is 2.21. The maximum atomic E-state index is 12.8. The fourth-order valence-corrected chi connectivity index (χ4v) is 6.38. The molecule has 0 aliphatic heterocycles. The predicted molar refractivity (Wildman–Crippen MR) is 127 cm³/mol. The summed E-state index contributed by atoms with van der Waals surface area (Å²) in [5.41, 5.74) is 8.17. The number of nitrogens with zero attached hydrogens (tertiary/aromatic N) is 3. The molecule has 1 atom stereocenters. The van der Waals surface area contributed by atoms with Gasteiger partial charge in [-0.2, -0.15) is 0 Å². The van der Waals surface area contributed by atoms with E-state index in [2.05, 4.69) is 27.0 Å². The van der Waals surface area contributed by atoms with E-state index in [-0.39, 0.29) is 11.7 Å². The molecule has 0 saturated heterocycles. The van der Waals surface area contributed by atoms with Crippen LogP contribution < -0.4 is 11.1 Å². The molecule has 1 unspecified atom stereocenters. The minimum atomic E-state index is -0.474. The normalized spacial score (nSPS) is 17.7. The van der Waals surface area contributed by atoms with Gasteiger partial charge in [0, 0.05) is 16.5 Å². The number of nitrogens with one attached hydrogen (secondary N) is 1. The number of anilines is 1. The van der Waals surface area contributed by atoms with Gasteiger partial charge in [-0.25, -0.2) is 0 Å². The molecular formula is C23H25N5O2S2. The molecule has 0 bridgehead atoms. The van der Waals surface area contributed by atoms with E-state index in [0.717, 1.165) is 49.2 Å². The van der Waals surface area contributed by atoms with Crippen LogP contribution in [0.4, 0.5) is 5.00 Å². The number of nitrogens with two attached hydrogens (primary N) is 1. The average molecular weight is 468 g/mol. The number of benzene rings is 1. The van der Waals surface area contributed by atoms with Gasteiger partial charge in [0.15, 0.2) is 5.16 Å². The zero-order valence-electron chi connectivity index (χ0n) is 17.8. The maximum absolute atomic E-state index is 12.8. The van der Waals surface area contributed by atoms with Crippen molar-refractivity contribution in [3.8, 4) is 5.69 Å². The lowest BCUT2D eigenvalue weighted by Crippen LogP contribution is -2.20. The molecule has 32 heavy (non-hydrogen) atoms. The highest BCUT2D eigenvalue weighted by atomic mass is 32.2. The van der Waals surface area contributed by atoms with Gasteiger partial charge >= 0.3 is 0 Å². The van der Waals surface area contributed by atoms with Gasteiger partial charge in [0.1, 0.15) is 10.8 Å². The number of primary amides is 1. The number of amides is 2. The number of thiophene rings is 1. The number of carbonyl (C=O) groups excluding carboxylic acids is 2. The number of aromatic nitrogens is 3. The number of para-hydroxylation sites is 1. The Balaban J connectivity index is 1.33. The van der Waals surface area contributed by atoms with E-state index in [1.165, 1.54) is 28.0 Å². The summed E-state index contributed by atoms with van der Waals surface area (Å²) in [6, 6.07) is 9.99. The van der Waals surface area contributed by atoms with Crippen molar-refractivity contribution in [3.63, 3.8) is 0 Å². The van der Waals surface area contributed by atoms with Gasteiger partial charge in [0.25, 0.3) is 5.91 Å². The van der Waals surface area contributed by atoms with Crippen molar-refractivity contribution in [1.29, 1.82) is 0 Å². The summed E-state index contributed by atoms with van der Waals surface area (Å²) < 4.78 is 2.05. The van der Waals surface area contributed by atoms with Gasteiger partial charge in [-0.05, 0) is 55.7 Å².